The summed E-state index contributed by atoms with van der Waals surface area (Å²) >= 11 is 7.36. The van der Waals surface area contributed by atoms with Crippen LogP contribution in [0.25, 0.3) is 0 Å². The number of aliphatic hydroxyl groups excluding tert-OH is 4. The molecule has 1 aromatic heterocycles. The molecule has 2 aliphatic rings. The zero-order chi connectivity index (χ0) is 26.4. The van der Waals surface area contributed by atoms with E-state index in [9.17, 15) is 25.2 Å². The summed E-state index contributed by atoms with van der Waals surface area (Å²) in [6.45, 7) is 4.12. The summed E-state index contributed by atoms with van der Waals surface area (Å²) in [4.78, 5) is 19.7. The number of halogens is 1. The minimum Gasteiger partial charge on any atom is -0.394 e. The number of nitrogen functional groups attached to an aromatic ring is 1. The van der Waals surface area contributed by atoms with Crippen LogP contribution in [-0.4, -0.2) is 117 Å². The Morgan fingerprint density at radius 3 is 2.83 bits per heavy atom. The summed E-state index contributed by atoms with van der Waals surface area (Å²) in [5.41, 5.74) is 5.63. The van der Waals surface area contributed by atoms with Gasteiger partial charge in [0.2, 0.25) is 5.91 Å². The largest absolute Gasteiger partial charge is 0.394 e. The lowest BCUT2D eigenvalue weighted by molar-refractivity contribution is -0.129. The van der Waals surface area contributed by atoms with E-state index in [2.05, 4.69) is 20.5 Å². The third kappa shape index (κ3) is 7.21. The molecule has 9 unspecified atom stereocenters. The average molecular weight is 548 g/mol. The topological polar surface area (TPSA) is 173 Å². The number of rotatable bonds is 11. The summed E-state index contributed by atoms with van der Waals surface area (Å²) in [5.74, 6) is -0.934. The molecule has 11 nitrogen and oxygen atoms in total. The Morgan fingerprint density at radius 1 is 1.44 bits per heavy atom. The molecule has 3 rings (SSSR count). The number of ether oxygens (including phenoxy) is 1. The van der Waals surface area contributed by atoms with Crippen LogP contribution in [0.4, 0.5) is 5.82 Å². The molecule has 1 aromatic rings. The number of pyridine rings is 1. The van der Waals surface area contributed by atoms with E-state index in [1.807, 2.05) is 12.1 Å². The molecule has 0 aromatic carbocycles. The fourth-order valence-electron chi connectivity index (χ4n) is 5.06. The van der Waals surface area contributed by atoms with Crippen LogP contribution >= 0.6 is 23.4 Å². The van der Waals surface area contributed by atoms with Gasteiger partial charge in [-0.15, -0.1) is 23.4 Å². The summed E-state index contributed by atoms with van der Waals surface area (Å²) in [6.07, 6.45) is 0.0911. The highest BCUT2D eigenvalue weighted by Gasteiger charge is 2.46. The van der Waals surface area contributed by atoms with Crippen molar-refractivity contribution in [2.45, 2.75) is 54.7 Å². The fraction of sp³-hybridized carbons (Fsp3) is 0.739. The second-order valence-electron chi connectivity index (χ2n) is 9.46. The Morgan fingerprint density at radius 2 is 2.19 bits per heavy atom. The molecule has 2 saturated heterocycles. The molecule has 2 aliphatic heterocycles. The summed E-state index contributed by atoms with van der Waals surface area (Å²) in [7, 11) is 0. The van der Waals surface area contributed by atoms with Crippen molar-refractivity contribution in [3.63, 3.8) is 0 Å². The van der Waals surface area contributed by atoms with Crippen molar-refractivity contribution >= 4 is 35.1 Å². The van der Waals surface area contributed by atoms with Gasteiger partial charge in [0.1, 0.15) is 17.3 Å². The number of hydrogen-bond donors (Lipinski definition) is 7. The number of aliphatic hydroxyl groups is 4. The van der Waals surface area contributed by atoms with Gasteiger partial charge in [0.25, 0.3) is 0 Å². The first kappa shape index (κ1) is 29.3. The molecule has 1 amide bonds. The number of nitrogens with two attached hydrogens (primary N) is 1. The maximum Gasteiger partial charge on any atom is 0.240 e. The molecule has 0 saturated carbocycles. The maximum atomic E-state index is 13.4. The summed E-state index contributed by atoms with van der Waals surface area (Å²) < 4.78 is 6.11. The number of amides is 1. The standard InChI is InChI=1S/C23H38ClN5O6S/c1-12(24)18(17(15(31)11-30)20(32)23(34)36-2)28-22(33)19-21-14(8-27-19)10-29(5-6-35-21)9-13-3-4-26-16(25)7-13/h3-4,7,12,14-15,17-21,23,27,30-32,34H,5-6,8-11H2,1-2H3,(H2,25,26)(H,28,33). The molecule has 0 aliphatic carbocycles. The molecule has 3 heterocycles. The highest BCUT2D eigenvalue weighted by Crippen LogP contribution is 2.28. The smallest absolute Gasteiger partial charge is 0.240 e. The third-order valence-corrected chi connectivity index (χ3v) is 7.95. The van der Waals surface area contributed by atoms with E-state index in [-0.39, 0.29) is 17.9 Å². The molecule has 2 fully saturated rings. The molecule has 0 radical (unpaired) electrons. The number of nitrogens with one attached hydrogen (secondary N) is 2. The van der Waals surface area contributed by atoms with Gasteiger partial charge in [0, 0.05) is 44.2 Å². The van der Waals surface area contributed by atoms with Crippen molar-refractivity contribution in [3.05, 3.63) is 23.9 Å². The quantitative estimate of drug-likeness (QED) is 0.128. The van der Waals surface area contributed by atoms with E-state index in [4.69, 9.17) is 22.1 Å². The van der Waals surface area contributed by atoms with E-state index in [1.54, 1.807) is 19.4 Å². The van der Waals surface area contributed by atoms with Crippen LogP contribution in [0.1, 0.15) is 12.5 Å². The molecule has 36 heavy (non-hydrogen) atoms. The number of anilines is 1. The van der Waals surface area contributed by atoms with E-state index >= 15 is 0 Å². The van der Waals surface area contributed by atoms with Gasteiger partial charge in [0.15, 0.2) is 0 Å². The predicted octanol–water partition coefficient (Wildman–Crippen LogP) is -1.42. The van der Waals surface area contributed by atoms with Gasteiger partial charge in [-0.2, -0.15) is 0 Å². The molecule has 0 spiro atoms. The number of aromatic nitrogens is 1. The van der Waals surface area contributed by atoms with Crippen LogP contribution < -0.4 is 16.4 Å². The third-order valence-electron chi connectivity index (χ3n) is 6.92. The summed E-state index contributed by atoms with van der Waals surface area (Å²) in [6, 6.07) is 2.20. The highest BCUT2D eigenvalue weighted by atomic mass is 35.5. The number of hydrogen-bond acceptors (Lipinski definition) is 11. The second kappa shape index (κ2) is 13.5. The normalized spacial score (nSPS) is 27.8. The van der Waals surface area contributed by atoms with Crippen LogP contribution in [0.2, 0.25) is 0 Å². The van der Waals surface area contributed by atoms with Crippen LogP contribution in [0.3, 0.4) is 0 Å². The van der Waals surface area contributed by atoms with Crippen LogP contribution in [0.15, 0.2) is 18.3 Å². The van der Waals surface area contributed by atoms with Gasteiger partial charge in [-0.25, -0.2) is 4.98 Å². The zero-order valence-electron chi connectivity index (χ0n) is 20.5. The SMILES string of the molecule is CSC(O)C(O)C(C(O)CO)C(NC(=O)C1NCC2CN(Cc3ccnc(N)c3)CCOC21)C(C)Cl. The lowest BCUT2D eigenvalue weighted by Crippen LogP contribution is -2.59. The van der Waals surface area contributed by atoms with Crippen molar-refractivity contribution in [2.24, 2.45) is 11.8 Å². The van der Waals surface area contributed by atoms with Crippen molar-refractivity contribution in [3.8, 4) is 0 Å². The van der Waals surface area contributed by atoms with Crippen molar-refractivity contribution in [1.82, 2.24) is 20.5 Å². The van der Waals surface area contributed by atoms with Crippen molar-refractivity contribution in [2.75, 3.05) is 44.8 Å². The van der Waals surface area contributed by atoms with Crippen LogP contribution in [0, 0.1) is 11.8 Å². The number of carbonyl (C=O) groups is 1. The Bertz CT molecular complexity index is 857. The monoisotopic (exact) mass is 547 g/mol. The molecule has 204 valence electrons. The Labute approximate surface area is 220 Å². The summed E-state index contributed by atoms with van der Waals surface area (Å²) in [5, 5.41) is 46.2. The molecule has 9 atom stereocenters. The maximum absolute atomic E-state index is 13.4. The first-order chi connectivity index (χ1) is 17.2. The Kier molecular flexibility index (Phi) is 11.0. The zero-order valence-corrected chi connectivity index (χ0v) is 22.1. The molecular formula is C23H38ClN5O6S. The van der Waals surface area contributed by atoms with E-state index < -0.39 is 47.6 Å². The predicted molar refractivity (Wildman–Crippen MR) is 138 cm³/mol. The van der Waals surface area contributed by atoms with Gasteiger partial charge in [0.05, 0.1) is 42.9 Å². The minimum atomic E-state index is -1.43. The van der Waals surface area contributed by atoms with Crippen molar-refractivity contribution < 1.29 is 30.0 Å². The number of fused-ring (bicyclic) bond motifs is 1. The fourth-order valence-corrected chi connectivity index (χ4v) is 5.75. The second-order valence-corrected chi connectivity index (χ2v) is 11.1. The van der Waals surface area contributed by atoms with Gasteiger partial charge in [-0.3, -0.25) is 9.69 Å². The number of nitrogens with zero attached hydrogens (tertiary/aromatic N) is 2. The average Bonchev–Trinajstić information content (AvgIpc) is 3.14. The first-order valence-electron chi connectivity index (χ1n) is 12.1. The Balaban J connectivity index is 1.69. The highest BCUT2D eigenvalue weighted by molar-refractivity contribution is 7.99. The van der Waals surface area contributed by atoms with Gasteiger partial charge in [-0.05, 0) is 30.9 Å². The molecular weight excluding hydrogens is 510 g/mol. The van der Waals surface area contributed by atoms with Gasteiger partial charge >= 0.3 is 0 Å². The van der Waals surface area contributed by atoms with Crippen LogP contribution in [-0.2, 0) is 16.1 Å². The minimum absolute atomic E-state index is 0.0667. The Hall–Kier alpha value is -1.22. The van der Waals surface area contributed by atoms with Gasteiger partial charge in [-0.1, -0.05) is 0 Å². The lowest BCUT2D eigenvalue weighted by Gasteiger charge is -2.37. The van der Waals surface area contributed by atoms with E-state index in [0.717, 1.165) is 23.9 Å². The number of alkyl halides is 1. The van der Waals surface area contributed by atoms with E-state index in [1.165, 1.54) is 0 Å². The van der Waals surface area contributed by atoms with Crippen LogP contribution in [0.5, 0.6) is 0 Å². The number of carbonyl (C=O) groups excluding carboxylic acids is 1. The van der Waals surface area contributed by atoms with Crippen molar-refractivity contribution in [1.29, 1.82) is 0 Å². The molecule has 0 bridgehead atoms. The molecule has 13 heteroatoms. The van der Waals surface area contributed by atoms with Gasteiger partial charge < -0.3 is 41.5 Å². The van der Waals surface area contributed by atoms with E-state index in [0.29, 0.717) is 32.1 Å². The number of thioether (sulfide) groups is 1. The lowest BCUT2D eigenvalue weighted by atomic mass is 9.86. The first-order valence-corrected chi connectivity index (χ1v) is 13.8. The molecule has 8 N–H and O–H groups in total.